The molecule has 0 aliphatic heterocycles. The minimum atomic E-state index is -1.16. The van der Waals surface area contributed by atoms with E-state index < -0.39 is 11.9 Å². The van der Waals surface area contributed by atoms with Gasteiger partial charge in [0.15, 0.2) is 0 Å². The topological polar surface area (TPSA) is 89.9 Å². The molecule has 0 unspecified atom stereocenters. The van der Waals surface area contributed by atoms with Crippen molar-refractivity contribution in [3.63, 3.8) is 0 Å². The first kappa shape index (κ1) is 25.1. The molecule has 0 radical (unpaired) electrons. The van der Waals surface area contributed by atoms with Crippen LogP contribution in [0.15, 0.2) is 48.6 Å². The zero-order valence-corrected chi connectivity index (χ0v) is 15.8. The van der Waals surface area contributed by atoms with Crippen LogP contribution in [0.4, 0.5) is 0 Å². The minimum absolute atomic E-state index is 0. The summed E-state index contributed by atoms with van der Waals surface area (Å²) in [6.07, 6.45) is 6.05. The Kier molecular flexibility index (Phi) is 11.6. The van der Waals surface area contributed by atoms with Gasteiger partial charge in [0.1, 0.15) is 0 Å². The predicted octanol–water partition coefficient (Wildman–Crippen LogP) is 3.46. The number of ether oxygens (including phenoxy) is 2. The van der Waals surface area contributed by atoms with E-state index in [0.717, 1.165) is 24.6 Å². The third-order valence-electron chi connectivity index (χ3n) is 4.18. The average Bonchev–Trinajstić information content (AvgIpc) is 2.69. The Hall–Kier alpha value is -1.89. The number of hydrogen-bond acceptors (Lipinski definition) is 5. The fourth-order valence-electron chi connectivity index (χ4n) is 2.82. The zero-order valence-electron chi connectivity index (χ0n) is 15.8. The number of fused-ring (bicyclic) bond motifs is 1. The summed E-state index contributed by atoms with van der Waals surface area (Å²) >= 11 is 0. The Bertz CT molecular complexity index is 875. The predicted molar refractivity (Wildman–Crippen MR) is 114 cm³/mol. The molecule has 0 saturated carbocycles. The van der Waals surface area contributed by atoms with E-state index in [1.54, 1.807) is 31.2 Å². The van der Waals surface area contributed by atoms with Crippen molar-refractivity contribution in [3.05, 3.63) is 59.7 Å². The molecule has 0 bridgehead atoms. The Morgan fingerprint density at radius 3 is 2.24 bits per heavy atom. The van der Waals surface area contributed by atoms with E-state index in [-0.39, 0.29) is 61.4 Å². The van der Waals surface area contributed by atoms with E-state index >= 15 is 0 Å². The molecule has 0 fully saturated rings. The number of unbranched alkanes of at least 4 members (excludes halogenated alkanes) is 3. The second kappa shape index (κ2) is 13.4. The molecule has 0 aromatic heterocycles. The van der Waals surface area contributed by atoms with Crippen LogP contribution in [-0.4, -0.2) is 74.0 Å². The third kappa shape index (κ3) is 7.80. The Labute approximate surface area is 199 Å². The van der Waals surface area contributed by atoms with Crippen LogP contribution in [0.5, 0.6) is 0 Å². The number of benzene rings is 2. The van der Waals surface area contributed by atoms with Crippen LogP contribution in [0.1, 0.15) is 53.3 Å². The molecular weight excluding hydrogens is 400 g/mol. The van der Waals surface area contributed by atoms with E-state index in [4.69, 9.17) is 9.47 Å². The summed E-state index contributed by atoms with van der Waals surface area (Å²) in [5, 5.41) is 10.7. The van der Waals surface area contributed by atoms with Crippen molar-refractivity contribution in [1.82, 2.24) is 0 Å². The molecule has 2 rings (SSSR count). The van der Waals surface area contributed by atoms with Gasteiger partial charge in [-0.1, -0.05) is 36.4 Å². The van der Waals surface area contributed by atoms with Crippen LogP contribution in [0.3, 0.4) is 0 Å². The van der Waals surface area contributed by atoms with Crippen LogP contribution >= 0.6 is 0 Å². The number of carbonyl (C=O) groups is 3. The number of carboxylic acid groups (broad SMARTS) is 1. The van der Waals surface area contributed by atoms with Crippen molar-refractivity contribution >= 4 is 66.4 Å². The molecule has 0 aliphatic carbocycles. The fourth-order valence-corrected chi connectivity index (χ4v) is 2.82. The molecular formula is C22H26CaO6. The molecule has 2 aromatic rings. The van der Waals surface area contributed by atoms with Crippen LogP contribution in [0, 0.1) is 0 Å². The van der Waals surface area contributed by atoms with Gasteiger partial charge in [-0.25, -0.2) is 14.4 Å². The summed E-state index contributed by atoms with van der Waals surface area (Å²) in [4.78, 5) is 35.1. The number of carboxylic acids is 1. The standard InChI is InChI=1S/C22H24O6.Ca.2H/c1-2-9-19(23)27-14-7-3-4-8-15-28-22(26)20-17-11-6-5-10-16(17)12-13-18(20)21(24)25;;;/h2,5-6,9-13H,3-4,7-8,14-15H2,1H3,(H,24,25);;;. The summed E-state index contributed by atoms with van der Waals surface area (Å²) in [7, 11) is 0. The molecule has 6 nitrogen and oxygen atoms in total. The summed E-state index contributed by atoms with van der Waals surface area (Å²) in [6, 6.07) is 10.2. The second-order valence-electron chi connectivity index (χ2n) is 6.23. The summed E-state index contributed by atoms with van der Waals surface area (Å²) in [5.74, 6) is -2.14. The Balaban J connectivity index is 0.00000420. The molecule has 29 heavy (non-hydrogen) atoms. The molecule has 0 aliphatic rings. The van der Waals surface area contributed by atoms with Crippen molar-refractivity contribution in [3.8, 4) is 0 Å². The van der Waals surface area contributed by atoms with Gasteiger partial charge in [0.25, 0.3) is 0 Å². The van der Waals surface area contributed by atoms with Crippen molar-refractivity contribution in [2.24, 2.45) is 0 Å². The number of hydrogen-bond donors (Lipinski definition) is 1. The van der Waals surface area contributed by atoms with E-state index in [1.807, 2.05) is 12.1 Å². The first-order chi connectivity index (χ1) is 13.5. The monoisotopic (exact) mass is 426 g/mol. The maximum atomic E-state index is 12.5. The normalized spacial score (nSPS) is 10.5. The van der Waals surface area contributed by atoms with Crippen LogP contribution in [-0.2, 0) is 14.3 Å². The first-order valence-electron chi connectivity index (χ1n) is 9.26. The van der Waals surface area contributed by atoms with E-state index in [1.165, 1.54) is 12.1 Å². The van der Waals surface area contributed by atoms with Crippen molar-refractivity contribution in [2.75, 3.05) is 13.2 Å². The van der Waals surface area contributed by atoms with Crippen LogP contribution in [0.25, 0.3) is 10.8 Å². The molecule has 2 aromatic carbocycles. The number of allylic oxidation sites excluding steroid dienone is 1. The summed E-state index contributed by atoms with van der Waals surface area (Å²) in [5.41, 5.74) is 0.0214. The third-order valence-corrected chi connectivity index (χ3v) is 4.18. The summed E-state index contributed by atoms with van der Waals surface area (Å²) in [6.45, 7) is 2.32. The molecule has 0 saturated heterocycles. The van der Waals surface area contributed by atoms with Gasteiger partial charge in [0.2, 0.25) is 0 Å². The first-order valence-corrected chi connectivity index (χ1v) is 9.26. The quantitative estimate of drug-likeness (QED) is 0.271. The van der Waals surface area contributed by atoms with E-state index in [9.17, 15) is 19.5 Å². The number of carbonyl (C=O) groups excluding carboxylic acids is 2. The molecule has 0 heterocycles. The molecule has 0 atom stereocenters. The Morgan fingerprint density at radius 1 is 0.931 bits per heavy atom. The number of rotatable bonds is 10. The van der Waals surface area contributed by atoms with Gasteiger partial charge < -0.3 is 14.6 Å². The number of esters is 2. The SMILES string of the molecule is CC=CC(=O)OCCCCCCOC(=O)c1c(C(=O)O)ccc2ccccc12.[CaH2]. The summed E-state index contributed by atoms with van der Waals surface area (Å²) < 4.78 is 10.3. The van der Waals surface area contributed by atoms with Crippen molar-refractivity contribution in [1.29, 1.82) is 0 Å². The Morgan fingerprint density at radius 2 is 1.59 bits per heavy atom. The maximum absolute atomic E-state index is 12.5. The van der Waals surface area contributed by atoms with Gasteiger partial charge in [-0.3, -0.25) is 0 Å². The van der Waals surface area contributed by atoms with Gasteiger partial charge in [-0.15, -0.1) is 0 Å². The van der Waals surface area contributed by atoms with E-state index in [2.05, 4.69) is 0 Å². The van der Waals surface area contributed by atoms with Gasteiger partial charge in [0.05, 0.1) is 24.3 Å². The second-order valence-corrected chi connectivity index (χ2v) is 6.23. The molecule has 1 N–H and O–H groups in total. The molecule has 0 amide bonds. The van der Waals surface area contributed by atoms with E-state index in [0.29, 0.717) is 18.4 Å². The zero-order chi connectivity index (χ0) is 20.4. The average molecular weight is 427 g/mol. The fraction of sp³-hybridized carbons (Fsp3) is 0.318. The molecule has 0 spiro atoms. The van der Waals surface area contributed by atoms with Crippen LogP contribution < -0.4 is 0 Å². The van der Waals surface area contributed by atoms with Gasteiger partial charge >= 0.3 is 55.6 Å². The molecule has 152 valence electrons. The molecule has 7 heteroatoms. The van der Waals surface area contributed by atoms with Gasteiger partial charge in [-0.05, 0) is 49.4 Å². The van der Waals surface area contributed by atoms with Gasteiger partial charge in [-0.2, -0.15) is 0 Å². The van der Waals surface area contributed by atoms with Gasteiger partial charge in [0, 0.05) is 6.08 Å². The number of aromatic carboxylic acids is 1. The van der Waals surface area contributed by atoms with Crippen molar-refractivity contribution in [2.45, 2.75) is 32.6 Å². The van der Waals surface area contributed by atoms with Crippen LogP contribution in [0.2, 0.25) is 0 Å². The van der Waals surface area contributed by atoms with Crippen molar-refractivity contribution < 1.29 is 29.0 Å².